The summed E-state index contributed by atoms with van der Waals surface area (Å²) in [6.07, 6.45) is 0.883. The van der Waals surface area contributed by atoms with E-state index in [-0.39, 0.29) is 5.91 Å². The van der Waals surface area contributed by atoms with Gasteiger partial charge in [0, 0.05) is 28.9 Å². The first-order chi connectivity index (χ1) is 16.3. The molecule has 5 aromatic rings. The molecule has 0 unspecified atom stereocenters. The van der Waals surface area contributed by atoms with E-state index in [9.17, 15) is 4.79 Å². The minimum atomic E-state index is -0.00273. The van der Waals surface area contributed by atoms with E-state index in [1.54, 1.807) is 0 Å². The van der Waals surface area contributed by atoms with Gasteiger partial charge in [-0.05, 0) is 36.2 Å². The van der Waals surface area contributed by atoms with Crippen molar-refractivity contribution in [2.45, 2.75) is 6.42 Å². The molecule has 0 fully saturated rings. The van der Waals surface area contributed by atoms with Gasteiger partial charge in [-0.15, -0.1) is 0 Å². The Morgan fingerprint density at radius 2 is 1.27 bits per heavy atom. The fraction of sp³-hybridized carbons (Fsp3) is 0.0690. The van der Waals surface area contributed by atoms with Crippen molar-refractivity contribution in [3.05, 3.63) is 114 Å². The van der Waals surface area contributed by atoms with E-state index >= 15 is 0 Å². The van der Waals surface area contributed by atoms with Gasteiger partial charge in [0.05, 0.1) is 22.4 Å². The number of hydrogen-bond donors (Lipinski definition) is 0. The predicted octanol–water partition coefficient (Wildman–Crippen LogP) is 6.17. The van der Waals surface area contributed by atoms with Gasteiger partial charge in [-0.25, -0.2) is 9.97 Å². The van der Waals surface area contributed by atoms with Crippen LogP contribution < -0.4 is 4.90 Å². The molecule has 0 atom stereocenters. The average molecular weight is 428 g/mol. The standard InChI is InChI=1S/C29H21N3O/c33-29(32-18-17-20-9-7-8-14-26(20)32)23-15-16-24-25(19-23)31-28(22-12-5-2-6-13-22)27(30-24)21-10-3-1-4-11-21/h1-16,19H,17-18H2. The molecule has 4 aromatic carbocycles. The molecule has 4 nitrogen and oxygen atoms in total. The Morgan fingerprint density at radius 1 is 0.667 bits per heavy atom. The number of aromatic nitrogens is 2. The molecule has 1 amide bonds. The van der Waals surface area contributed by atoms with Gasteiger partial charge < -0.3 is 4.90 Å². The second-order valence-corrected chi connectivity index (χ2v) is 8.19. The van der Waals surface area contributed by atoms with E-state index in [2.05, 4.69) is 6.07 Å². The van der Waals surface area contributed by atoms with Gasteiger partial charge in [0.2, 0.25) is 0 Å². The number of carbonyl (C=O) groups excluding carboxylic acids is 1. The smallest absolute Gasteiger partial charge is 0.258 e. The summed E-state index contributed by atoms with van der Waals surface area (Å²) in [5, 5.41) is 0. The molecule has 33 heavy (non-hydrogen) atoms. The minimum Gasteiger partial charge on any atom is -0.308 e. The molecule has 6 rings (SSSR count). The lowest BCUT2D eigenvalue weighted by atomic mass is 10.0. The van der Waals surface area contributed by atoms with Crippen LogP contribution in [0.4, 0.5) is 5.69 Å². The van der Waals surface area contributed by atoms with Gasteiger partial charge in [0.15, 0.2) is 0 Å². The summed E-state index contributed by atoms with van der Waals surface area (Å²) in [5.74, 6) is -0.00273. The van der Waals surface area contributed by atoms with E-state index in [0.717, 1.165) is 40.1 Å². The van der Waals surface area contributed by atoms with Crippen molar-refractivity contribution < 1.29 is 4.79 Å². The average Bonchev–Trinajstić information content (AvgIpc) is 3.32. The molecule has 0 radical (unpaired) electrons. The van der Waals surface area contributed by atoms with Crippen LogP contribution in [-0.4, -0.2) is 22.4 Å². The van der Waals surface area contributed by atoms with Gasteiger partial charge in [0.25, 0.3) is 5.91 Å². The number of anilines is 1. The van der Waals surface area contributed by atoms with Crippen LogP contribution in [0.15, 0.2) is 103 Å². The maximum absolute atomic E-state index is 13.4. The molecule has 1 aliphatic heterocycles. The Kier molecular flexibility index (Phi) is 4.69. The number of amides is 1. The van der Waals surface area contributed by atoms with Gasteiger partial charge in [-0.3, -0.25) is 4.79 Å². The van der Waals surface area contributed by atoms with Crippen molar-refractivity contribution in [2.24, 2.45) is 0 Å². The summed E-state index contributed by atoms with van der Waals surface area (Å²) in [6, 6.07) is 33.9. The second kappa shape index (κ2) is 7.99. The summed E-state index contributed by atoms with van der Waals surface area (Å²) >= 11 is 0. The number of hydrogen-bond acceptors (Lipinski definition) is 3. The topological polar surface area (TPSA) is 46.1 Å². The molecule has 4 heteroatoms. The van der Waals surface area contributed by atoms with Crippen molar-refractivity contribution in [3.8, 4) is 22.5 Å². The third-order valence-corrected chi connectivity index (χ3v) is 6.14. The van der Waals surface area contributed by atoms with Gasteiger partial charge in [-0.2, -0.15) is 0 Å². The van der Waals surface area contributed by atoms with Crippen LogP contribution in [0.2, 0.25) is 0 Å². The molecule has 0 spiro atoms. The lowest BCUT2D eigenvalue weighted by molar-refractivity contribution is 0.0989. The Labute approximate surface area is 192 Å². The second-order valence-electron chi connectivity index (χ2n) is 8.19. The fourth-order valence-electron chi connectivity index (χ4n) is 4.49. The monoisotopic (exact) mass is 427 g/mol. The molecule has 0 saturated heterocycles. The normalized spacial score (nSPS) is 12.7. The SMILES string of the molecule is O=C(c1ccc2nc(-c3ccccc3)c(-c3ccccc3)nc2c1)N1CCc2ccccc21. The van der Waals surface area contributed by atoms with Crippen LogP contribution >= 0.6 is 0 Å². The number of fused-ring (bicyclic) bond motifs is 2. The lowest BCUT2D eigenvalue weighted by Crippen LogP contribution is -2.28. The number of rotatable bonds is 3. The van der Waals surface area contributed by atoms with E-state index in [4.69, 9.17) is 9.97 Å². The van der Waals surface area contributed by atoms with Gasteiger partial charge in [0.1, 0.15) is 0 Å². The quantitative estimate of drug-likeness (QED) is 0.346. The van der Waals surface area contributed by atoms with Crippen molar-refractivity contribution in [2.75, 3.05) is 11.4 Å². The molecule has 0 aliphatic carbocycles. The summed E-state index contributed by atoms with van der Waals surface area (Å²) in [4.78, 5) is 25.2. The van der Waals surface area contributed by atoms with Gasteiger partial charge >= 0.3 is 0 Å². The highest BCUT2D eigenvalue weighted by Crippen LogP contribution is 2.32. The Morgan fingerprint density at radius 3 is 1.97 bits per heavy atom. The van der Waals surface area contributed by atoms with Crippen molar-refractivity contribution in [1.29, 1.82) is 0 Å². The van der Waals surface area contributed by atoms with Crippen LogP contribution in [0.1, 0.15) is 15.9 Å². The third-order valence-electron chi connectivity index (χ3n) is 6.14. The van der Waals surface area contributed by atoms with Crippen molar-refractivity contribution in [1.82, 2.24) is 9.97 Å². The molecular weight excluding hydrogens is 406 g/mol. The Hall–Kier alpha value is -4.31. The third kappa shape index (κ3) is 3.46. The van der Waals surface area contributed by atoms with Crippen LogP contribution in [-0.2, 0) is 6.42 Å². The molecule has 1 aromatic heterocycles. The van der Waals surface area contributed by atoms with E-state index in [1.807, 2.05) is 102 Å². The highest BCUT2D eigenvalue weighted by molar-refractivity contribution is 6.08. The zero-order chi connectivity index (χ0) is 22.2. The molecule has 0 N–H and O–H groups in total. The first kappa shape index (κ1) is 19.4. The lowest BCUT2D eigenvalue weighted by Gasteiger charge is -2.18. The summed E-state index contributed by atoms with van der Waals surface area (Å²) in [6.45, 7) is 0.699. The van der Waals surface area contributed by atoms with Crippen molar-refractivity contribution >= 4 is 22.6 Å². The van der Waals surface area contributed by atoms with E-state index < -0.39 is 0 Å². The fourth-order valence-corrected chi connectivity index (χ4v) is 4.49. The first-order valence-electron chi connectivity index (χ1n) is 11.1. The molecular formula is C29H21N3O. The van der Waals surface area contributed by atoms with E-state index in [1.165, 1.54) is 5.56 Å². The highest BCUT2D eigenvalue weighted by Gasteiger charge is 2.25. The maximum Gasteiger partial charge on any atom is 0.258 e. The van der Waals surface area contributed by atoms with Gasteiger partial charge in [-0.1, -0.05) is 78.9 Å². The summed E-state index contributed by atoms with van der Waals surface area (Å²) in [7, 11) is 0. The molecule has 1 aliphatic rings. The minimum absolute atomic E-state index is 0.00273. The van der Waals surface area contributed by atoms with E-state index in [0.29, 0.717) is 17.6 Å². The predicted molar refractivity (Wildman–Crippen MR) is 132 cm³/mol. The first-order valence-corrected chi connectivity index (χ1v) is 11.1. The number of benzene rings is 4. The molecule has 0 saturated carbocycles. The number of nitrogens with zero attached hydrogens (tertiary/aromatic N) is 3. The Bertz CT molecular complexity index is 1480. The highest BCUT2D eigenvalue weighted by atomic mass is 16.2. The summed E-state index contributed by atoms with van der Waals surface area (Å²) < 4.78 is 0. The van der Waals surface area contributed by atoms with Crippen LogP contribution in [0.3, 0.4) is 0 Å². The summed E-state index contributed by atoms with van der Waals surface area (Å²) in [5.41, 5.74) is 7.98. The number of para-hydroxylation sites is 1. The zero-order valence-corrected chi connectivity index (χ0v) is 18.0. The molecule has 0 bridgehead atoms. The van der Waals surface area contributed by atoms with Crippen LogP contribution in [0.5, 0.6) is 0 Å². The van der Waals surface area contributed by atoms with Crippen molar-refractivity contribution in [3.63, 3.8) is 0 Å². The number of carbonyl (C=O) groups is 1. The molecule has 158 valence electrons. The largest absolute Gasteiger partial charge is 0.308 e. The maximum atomic E-state index is 13.4. The molecule has 2 heterocycles. The zero-order valence-electron chi connectivity index (χ0n) is 18.0. The van der Waals surface area contributed by atoms with Crippen LogP contribution in [0, 0.1) is 0 Å². The van der Waals surface area contributed by atoms with Crippen LogP contribution in [0.25, 0.3) is 33.5 Å². The Balaban J connectivity index is 1.47.